The Kier molecular flexibility index (Phi) is 8.91. The monoisotopic (exact) mass is 592 g/mol. The van der Waals surface area contributed by atoms with E-state index in [1.54, 1.807) is 11.3 Å². The van der Waals surface area contributed by atoms with E-state index >= 15 is 0 Å². The van der Waals surface area contributed by atoms with Crippen molar-refractivity contribution in [2.45, 2.75) is 32.1 Å². The maximum Gasteiger partial charge on any atom is 0.258 e. The fraction of sp³-hybridized carbons (Fsp3) is 0.294. The lowest BCUT2D eigenvalue weighted by Gasteiger charge is -2.32. The van der Waals surface area contributed by atoms with Gasteiger partial charge in [0.15, 0.2) is 0 Å². The van der Waals surface area contributed by atoms with Gasteiger partial charge in [0.05, 0.1) is 21.4 Å². The number of amides is 2. The second-order valence-corrected chi connectivity index (χ2v) is 12.0. The van der Waals surface area contributed by atoms with E-state index in [-0.39, 0.29) is 11.8 Å². The molecule has 1 aliphatic heterocycles. The Bertz CT molecular complexity index is 1700. The van der Waals surface area contributed by atoms with Crippen LogP contribution in [0.5, 0.6) is 0 Å². The van der Waals surface area contributed by atoms with E-state index < -0.39 is 0 Å². The van der Waals surface area contributed by atoms with Crippen molar-refractivity contribution in [1.29, 1.82) is 0 Å². The van der Waals surface area contributed by atoms with Gasteiger partial charge in [-0.3, -0.25) is 19.5 Å². The Hall–Kier alpha value is -4.34. The molecule has 0 bridgehead atoms. The van der Waals surface area contributed by atoms with Gasteiger partial charge >= 0.3 is 0 Å². The molecular formula is C34H36N6O2S. The molecule has 0 radical (unpaired) electrons. The fourth-order valence-corrected chi connectivity index (χ4v) is 6.11. The van der Waals surface area contributed by atoms with Gasteiger partial charge in [-0.15, -0.1) is 11.3 Å². The highest BCUT2D eigenvalue weighted by Crippen LogP contribution is 2.27. The van der Waals surface area contributed by atoms with Crippen molar-refractivity contribution in [2.24, 2.45) is 0 Å². The number of para-hydroxylation sites is 1. The molecule has 1 fully saturated rings. The molecule has 8 nitrogen and oxygen atoms in total. The van der Waals surface area contributed by atoms with Crippen LogP contribution in [0.3, 0.4) is 0 Å². The summed E-state index contributed by atoms with van der Waals surface area (Å²) in [6.07, 6.45) is 6.14. The van der Waals surface area contributed by atoms with Gasteiger partial charge in [-0.05, 0) is 73.8 Å². The van der Waals surface area contributed by atoms with Crippen LogP contribution in [-0.4, -0.2) is 69.4 Å². The minimum Gasteiger partial charge on any atom is -0.340 e. The average molecular weight is 593 g/mol. The van der Waals surface area contributed by atoms with Crippen LogP contribution in [0.25, 0.3) is 27.0 Å². The third kappa shape index (κ3) is 7.01. The molecule has 1 N–H and O–H groups in total. The van der Waals surface area contributed by atoms with Crippen LogP contribution >= 0.6 is 11.3 Å². The second kappa shape index (κ2) is 13.3. The van der Waals surface area contributed by atoms with Gasteiger partial charge in [0.2, 0.25) is 11.9 Å². The van der Waals surface area contributed by atoms with Crippen LogP contribution in [0.4, 0.5) is 5.95 Å². The summed E-state index contributed by atoms with van der Waals surface area (Å²) < 4.78 is 3.07. The molecule has 3 heterocycles. The quantitative estimate of drug-likeness (QED) is 0.193. The van der Waals surface area contributed by atoms with Crippen molar-refractivity contribution in [3.63, 3.8) is 0 Å². The van der Waals surface area contributed by atoms with Crippen LogP contribution in [0, 0.1) is 0 Å². The van der Waals surface area contributed by atoms with Crippen molar-refractivity contribution < 1.29 is 9.59 Å². The number of aryl methyl sites for hydroxylation is 1. The van der Waals surface area contributed by atoms with E-state index in [1.165, 1.54) is 0 Å². The average Bonchev–Trinajstić information content (AvgIpc) is 3.68. The molecule has 1 saturated heterocycles. The summed E-state index contributed by atoms with van der Waals surface area (Å²) in [6.45, 7) is 3.55. The summed E-state index contributed by atoms with van der Waals surface area (Å²) in [5.74, 6) is 0.540. The number of benzene rings is 3. The fourth-order valence-electron chi connectivity index (χ4n) is 5.45. The number of rotatable bonds is 10. The topological polar surface area (TPSA) is 83.4 Å². The number of imidazole rings is 1. The van der Waals surface area contributed by atoms with Crippen LogP contribution in [0.15, 0.2) is 84.5 Å². The molecule has 1 aliphatic rings. The third-order valence-corrected chi connectivity index (χ3v) is 8.79. The summed E-state index contributed by atoms with van der Waals surface area (Å²) in [5, 5.41) is 3.05. The van der Waals surface area contributed by atoms with E-state index in [2.05, 4.69) is 40.4 Å². The highest BCUT2D eigenvalue weighted by atomic mass is 32.1. The minimum atomic E-state index is -0.215. The van der Waals surface area contributed by atoms with Crippen molar-refractivity contribution >= 4 is 39.3 Å². The molecular weight excluding hydrogens is 556 g/mol. The third-order valence-electron chi connectivity index (χ3n) is 7.98. The highest BCUT2D eigenvalue weighted by Gasteiger charge is 2.19. The molecule has 220 valence electrons. The Labute approximate surface area is 256 Å². The Morgan fingerprint density at radius 1 is 0.884 bits per heavy atom. The first kappa shape index (κ1) is 28.8. The standard InChI is InChI=1S/C34H36N6O2S/c1-38-17-19-39(20-18-38)32(41)14-7-2-4-11-28-23-40(29-12-5-3-6-13-29)34(36-28)37-33(42)27-10-8-9-25(21-27)26-15-16-31-30(22-26)35-24-43-31/h3,5-6,8-10,12-13,15-16,21-24H,2,4,7,11,14,17-20H2,1H3,(H,36,37,42). The number of carbonyl (C=O) groups excluding carboxylic acids is 2. The minimum absolute atomic E-state index is 0.215. The predicted octanol–water partition coefficient (Wildman–Crippen LogP) is 6.28. The Morgan fingerprint density at radius 3 is 2.53 bits per heavy atom. The van der Waals surface area contributed by atoms with Crippen LogP contribution < -0.4 is 5.32 Å². The largest absolute Gasteiger partial charge is 0.340 e. The van der Waals surface area contributed by atoms with Gasteiger partial charge in [0, 0.05) is 50.0 Å². The first-order valence-electron chi connectivity index (χ1n) is 14.9. The van der Waals surface area contributed by atoms with Crippen molar-refractivity contribution in [3.8, 4) is 16.8 Å². The number of carbonyl (C=O) groups is 2. The Balaban J connectivity index is 1.11. The van der Waals surface area contributed by atoms with E-state index in [4.69, 9.17) is 4.98 Å². The number of unbranched alkanes of at least 4 members (excludes halogenated alkanes) is 2. The molecule has 0 unspecified atom stereocenters. The molecule has 43 heavy (non-hydrogen) atoms. The number of aromatic nitrogens is 3. The summed E-state index contributed by atoms with van der Waals surface area (Å²) in [7, 11) is 2.10. The molecule has 9 heteroatoms. The maximum atomic E-state index is 13.5. The summed E-state index contributed by atoms with van der Waals surface area (Å²) >= 11 is 1.61. The van der Waals surface area contributed by atoms with E-state index in [0.717, 1.165) is 84.6 Å². The number of piperazine rings is 1. The molecule has 0 aliphatic carbocycles. The molecule has 2 aromatic heterocycles. The number of thiazole rings is 1. The molecule has 0 saturated carbocycles. The molecule has 0 spiro atoms. The number of nitrogens with zero attached hydrogens (tertiary/aromatic N) is 5. The zero-order valence-corrected chi connectivity index (χ0v) is 25.2. The summed E-state index contributed by atoms with van der Waals surface area (Å²) in [4.78, 5) is 39.5. The molecule has 6 rings (SSSR count). The summed E-state index contributed by atoms with van der Waals surface area (Å²) in [5.41, 5.74) is 7.18. The number of fused-ring (bicyclic) bond motifs is 1. The normalized spacial score (nSPS) is 13.8. The van der Waals surface area contributed by atoms with E-state index in [0.29, 0.717) is 17.9 Å². The van der Waals surface area contributed by atoms with Gasteiger partial charge in [0.1, 0.15) is 0 Å². The maximum absolute atomic E-state index is 13.5. The lowest BCUT2D eigenvalue weighted by molar-refractivity contribution is -0.132. The zero-order chi connectivity index (χ0) is 29.6. The molecule has 2 amide bonds. The lowest BCUT2D eigenvalue weighted by Crippen LogP contribution is -2.47. The molecule has 3 aromatic carbocycles. The highest BCUT2D eigenvalue weighted by molar-refractivity contribution is 7.16. The van der Waals surface area contributed by atoms with E-state index in [1.807, 2.05) is 75.8 Å². The van der Waals surface area contributed by atoms with Gasteiger partial charge < -0.3 is 9.80 Å². The number of likely N-dealkylation sites (N-methyl/N-ethyl adjacent to an activating group) is 1. The van der Waals surface area contributed by atoms with Crippen molar-refractivity contribution in [1.82, 2.24) is 24.3 Å². The zero-order valence-electron chi connectivity index (χ0n) is 24.4. The van der Waals surface area contributed by atoms with Crippen LogP contribution in [0.2, 0.25) is 0 Å². The van der Waals surface area contributed by atoms with Gasteiger partial charge in [0.25, 0.3) is 5.91 Å². The summed E-state index contributed by atoms with van der Waals surface area (Å²) in [6, 6.07) is 23.7. The number of hydrogen-bond donors (Lipinski definition) is 1. The Morgan fingerprint density at radius 2 is 1.70 bits per heavy atom. The SMILES string of the molecule is CN1CCN(C(=O)CCCCCc2cn(-c3ccccc3)c(NC(=O)c3cccc(-c4ccc5scnc5c4)c3)n2)CC1. The number of hydrogen-bond acceptors (Lipinski definition) is 6. The smallest absolute Gasteiger partial charge is 0.258 e. The van der Waals surface area contributed by atoms with Gasteiger partial charge in [-0.1, -0.05) is 42.8 Å². The lowest BCUT2D eigenvalue weighted by atomic mass is 10.0. The second-order valence-electron chi connectivity index (χ2n) is 11.1. The first-order valence-corrected chi connectivity index (χ1v) is 15.8. The van der Waals surface area contributed by atoms with Gasteiger partial charge in [-0.2, -0.15) is 0 Å². The van der Waals surface area contributed by atoms with Crippen LogP contribution in [0.1, 0.15) is 41.7 Å². The van der Waals surface area contributed by atoms with Crippen molar-refractivity contribution in [3.05, 3.63) is 95.8 Å². The molecule has 0 atom stereocenters. The van der Waals surface area contributed by atoms with Crippen LogP contribution in [-0.2, 0) is 11.2 Å². The first-order chi connectivity index (χ1) is 21.0. The number of nitrogens with one attached hydrogen (secondary N) is 1. The molecule has 5 aromatic rings. The van der Waals surface area contributed by atoms with Gasteiger partial charge in [-0.25, -0.2) is 9.97 Å². The van der Waals surface area contributed by atoms with E-state index in [9.17, 15) is 9.59 Å². The number of anilines is 1. The predicted molar refractivity (Wildman–Crippen MR) is 173 cm³/mol. The van der Waals surface area contributed by atoms with Crippen molar-refractivity contribution in [2.75, 3.05) is 38.5 Å².